The molecule has 0 unspecified atom stereocenters. The Kier molecular flexibility index (Phi) is 5.72. The molecule has 0 amide bonds. The number of hydrogen-bond donors (Lipinski definition) is 0. The molecule has 154 valence electrons. The molecule has 2 rings (SSSR count). The zero-order valence-electron chi connectivity index (χ0n) is 20.6. The van der Waals surface area contributed by atoms with E-state index in [2.05, 4.69) is 102 Å². The maximum absolute atomic E-state index is 4.64. The van der Waals surface area contributed by atoms with Gasteiger partial charge in [-0.25, -0.2) is 0 Å². The largest absolute Gasteiger partial charge is 0.0909 e. The summed E-state index contributed by atoms with van der Waals surface area (Å²) in [7, 11) is 0. The number of aryl methyl sites for hydroxylation is 1. The smallest absolute Gasteiger partial charge is 0.00851 e. The average Bonchev–Trinajstić information content (AvgIpc) is 2.57. The van der Waals surface area contributed by atoms with Crippen molar-refractivity contribution in [3.63, 3.8) is 0 Å². The van der Waals surface area contributed by atoms with Crippen molar-refractivity contribution in [2.45, 2.75) is 89.5 Å². The van der Waals surface area contributed by atoms with Crippen LogP contribution in [0.5, 0.6) is 0 Å². The first kappa shape index (κ1) is 22.7. The van der Waals surface area contributed by atoms with Crippen LogP contribution in [0.4, 0.5) is 0 Å². The molecule has 0 fully saturated rings. The van der Waals surface area contributed by atoms with Gasteiger partial charge in [0, 0.05) is 0 Å². The number of rotatable bonds is 3. The number of allylic oxidation sites excluding steroid dienone is 5. The molecule has 0 aliphatic heterocycles. The Bertz CT molecular complexity index is 875. The van der Waals surface area contributed by atoms with Gasteiger partial charge < -0.3 is 0 Å². The van der Waals surface area contributed by atoms with Gasteiger partial charge in [0.2, 0.25) is 0 Å². The fourth-order valence-electron chi connectivity index (χ4n) is 4.98. The van der Waals surface area contributed by atoms with Crippen LogP contribution < -0.4 is 0 Å². The Morgan fingerprint density at radius 1 is 0.893 bits per heavy atom. The Labute approximate surface area is 174 Å². The van der Waals surface area contributed by atoms with Crippen LogP contribution in [0.15, 0.2) is 35.4 Å². The highest BCUT2D eigenvalue weighted by Gasteiger charge is 2.52. The highest BCUT2D eigenvalue weighted by atomic mass is 14.6. The maximum Gasteiger partial charge on any atom is -0.00851 e. The predicted octanol–water partition coefficient (Wildman–Crippen LogP) is 8.93. The summed E-state index contributed by atoms with van der Waals surface area (Å²) in [6.07, 6.45) is 1.08. The van der Waals surface area contributed by atoms with Gasteiger partial charge >= 0.3 is 0 Å². The molecule has 0 saturated carbocycles. The van der Waals surface area contributed by atoms with Crippen LogP contribution >= 0.6 is 0 Å². The van der Waals surface area contributed by atoms with E-state index in [4.69, 9.17) is 0 Å². The Morgan fingerprint density at radius 3 is 1.93 bits per heavy atom. The van der Waals surface area contributed by atoms with E-state index in [1.807, 2.05) is 0 Å². The summed E-state index contributed by atoms with van der Waals surface area (Å²) in [4.78, 5) is 0. The van der Waals surface area contributed by atoms with Gasteiger partial charge in [-0.1, -0.05) is 71.4 Å². The van der Waals surface area contributed by atoms with E-state index in [1.54, 1.807) is 0 Å². The van der Waals surface area contributed by atoms with Crippen LogP contribution in [0.2, 0.25) is 0 Å². The normalized spacial score (nSPS) is 20.1. The molecule has 1 aliphatic rings. The third-order valence-electron chi connectivity index (χ3n) is 8.75. The van der Waals surface area contributed by atoms with E-state index in [9.17, 15) is 0 Å². The molecular formula is C28H42. The summed E-state index contributed by atoms with van der Waals surface area (Å²) < 4.78 is 0. The summed E-state index contributed by atoms with van der Waals surface area (Å²) >= 11 is 0. The van der Waals surface area contributed by atoms with Crippen molar-refractivity contribution in [1.29, 1.82) is 0 Å². The lowest BCUT2D eigenvalue weighted by Crippen LogP contribution is -2.48. The van der Waals surface area contributed by atoms with Crippen molar-refractivity contribution < 1.29 is 0 Å². The fourth-order valence-corrected chi connectivity index (χ4v) is 4.98. The summed E-state index contributed by atoms with van der Waals surface area (Å²) in [5, 5.41) is 0. The van der Waals surface area contributed by atoms with E-state index >= 15 is 0 Å². The molecule has 0 N–H and O–H groups in total. The predicted molar refractivity (Wildman–Crippen MR) is 128 cm³/mol. The molecule has 0 spiro atoms. The minimum atomic E-state index is 0.129. The SMILES string of the molecule is C=C(C1=C(C)C(C)(C)C(C)(C)C(C)(C)C1)c1ccc(C)c(C(C)=C(C)C)c1C. The van der Waals surface area contributed by atoms with Crippen LogP contribution in [-0.4, -0.2) is 0 Å². The third-order valence-corrected chi connectivity index (χ3v) is 8.75. The third kappa shape index (κ3) is 3.23. The summed E-state index contributed by atoms with van der Waals surface area (Å²) in [5.74, 6) is 0. The minimum Gasteiger partial charge on any atom is -0.0909 e. The van der Waals surface area contributed by atoms with Crippen molar-refractivity contribution in [2.75, 3.05) is 0 Å². The minimum absolute atomic E-state index is 0.129. The van der Waals surface area contributed by atoms with Crippen molar-refractivity contribution >= 4 is 11.1 Å². The maximum atomic E-state index is 4.64. The molecule has 0 bridgehead atoms. The van der Waals surface area contributed by atoms with Gasteiger partial charge in [-0.3, -0.25) is 0 Å². The van der Waals surface area contributed by atoms with Gasteiger partial charge in [0.1, 0.15) is 0 Å². The number of hydrogen-bond acceptors (Lipinski definition) is 0. The van der Waals surface area contributed by atoms with Crippen molar-refractivity contribution in [2.24, 2.45) is 16.2 Å². The molecule has 28 heavy (non-hydrogen) atoms. The standard InChI is InChI=1S/C28H42/c1-17(2)19(4)25-18(3)14-15-23(21(25)6)20(5)24-16-26(8,9)28(12,13)27(10,11)22(24)7/h14-15H,5,16H2,1-4,6-13H3. The first-order valence-corrected chi connectivity index (χ1v) is 10.7. The molecule has 0 heterocycles. The summed E-state index contributed by atoms with van der Waals surface area (Å²) in [5.41, 5.74) is 12.9. The molecule has 0 heteroatoms. The molecule has 1 aromatic rings. The van der Waals surface area contributed by atoms with Gasteiger partial charge in [0.25, 0.3) is 0 Å². The first-order valence-electron chi connectivity index (χ1n) is 10.7. The van der Waals surface area contributed by atoms with Gasteiger partial charge in [0.05, 0.1) is 0 Å². The summed E-state index contributed by atoms with van der Waals surface area (Å²) in [6.45, 7) is 32.7. The highest BCUT2D eigenvalue weighted by molar-refractivity contribution is 5.84. The zero-order chi connectivity index (χ0) is 21.8. The van der Waals surface area contributed by atoms with Crippen LogP contribution in [0.1, 0.15) is 97.9 Å². The molecular weight excluding hydrogens is 336 g/mol. The van der Waals surface area contributed by atoms with Crippen LogP contribution in [-0.2, 0) is 0 Å². The van der Waals surface area contributed by atoms with E-state index in [0.717, 1.165) is 6.42 Å². The Balaban J connectivity index is 2.71. The Morgan fingerprint density at radius 2 is 1.43 bits per heavy atom. The topological polar surface area (TPSA) is 0 Å². The second kappa shape index (κ2) is 7.05. The van der Waals surface area contributed by atoms with Crippen LogP contribution in [0.25, 0.3) is 11.1 Å². The second-order valence-corrected chi connectivity index (χ2v) is 10.9. The highest BCUT2D eigenvalue weighted by Crippen LogP contribution is 2.62. The molecule has 0 atom stereocenters. The van der Waals surface area contributed by atoms with Crippen molar-refractivity contribution in [3.8, 4) is 0 Å². The molecule has 0 radical (unpaired) electrons. The number of benzene rings is 1. The second-order valence-electron chi connectivity index (χ2n) is 10.9. The molecule has 0 nitrogen and oxygen atoms in total. The van der Waals surface area contributed by atoms with Crippen molar-refractivity contribution in [3.05, 3.63) is 57.7 Å². The van der Waals surface area contributed by atoms with Gasteiger partial charge in [-0.2, -0.15) is 0 Å². The van der Waals surface area contributed by atoms with Gasteiger partial charge in [-0.05, 0) is 103 Å². The monoisotopic (exact) mass is 378 g/mol. The molecule has 0 saturated heterocycles. The fraction of sp³-hybridized carbons (Fsp3) is 0.571. The molecule has 1 aromatic carbocycles. The van der Waals surface area contributed by atoms with E-state index < -0.39 is 0 Å². The van der Waals surface area contributed by atoms with Gasteiger partial charge in [-0.15, -0.1) is 0 Å². The van der Waals surface area contributed by atoms with E-state index in [-0.39, 0.29) is 16.2 Å². The van der Waals surface area contributed by atoms with Gasteiger partial charge in [0.15, 0.2) is 0 Å². The van der Waals surface area contributed by atoms with E-state index in [1.165, 1.54) is 50.1 Å². The first-order chi connectivity index (χ1) is 12.6. The average molecular weight is 379 g/mol. The Hall–Kier alpha value is -1.56. The zero-order valence-corrected chi connectivity index (χ0v) is 20.6. The summed E-state index contributed by atoms with van der Waals surface area (Å²) in [6, 6.07) is 4.56. The lowest BCUT2D eigenvalue weighted by molar-refractivity contribution is -0.00876. The quantitative estimate of drug-likeness (QED) is 0.492. The lowest BCUT2D eigenvalue weighted by Gasteiger charge is -2.57. The lowest BCUT2D eigenvalue weighted by atomic mass is 9.47. The van der Waals surface area contributed by atoms with Crippen molar-refractivity contribution in [1.82, 2.24) is 0 Å². The van der Waals surface area contributed by atoms with Crippen LogP contribution in [0, 0.1) is 30.1 Å². The molecule has 1 aliphatic carbocycles. The van der Waals surface area contributed by atoms with E-state index in [0.29, 0.717) is 0 Å². The van der Waals surface area contributed by atoms with Crippen LogP contribution in [0.3, 0.4) is 0 Å². The molecule has 0 aromatic heterocycles.